The lowest BCUT2D eigenvalue weighted by Gasteiger charge is -2.02. The lowest BCUT2D eigenvalue weighted by molar-refractivity contribution is 0.721. The van der Waals surface area contributed by atoms with Crippen LogP contribution >= 0.6 is 0 Å². The van der Waals surface area contributed by atoms with E-state index in [4.69, 9.17) is 5.73 Å². The monoisotopic (exact) mass is 153 g/mol. The van der Waals surface area contributed by atoms with Gasteiger partial charge in [-0.25, -0.2) is 4.98 Å². The molecule has 0 amide bonds. The summed E-state index contributed by atoms with van der Waals surface area (Å²) in [6.45, 7) is 4.82. The van der Waals surface area contributed by atoms with E-state index in [1.54, 1.807) is 0 Å². The number of nitrogens with zero attached hydrogens (tertiary/aromatic N) is 1. The molecule has 0 radical (unpaired) electrons. The zero-order valence-electron chi connectivity index (χ0n) is 7.09. The number of rotatable bonds is 3. The number of aromatic amines is 1. The number of hydrogen-bond acceptors (Lipinski definition) is 2. The molecule has 62 valence electrons. The van der Waals surface area contributed by atoms with E-state index in [9.17, 15) is 0 Å². The second-order valence-corrected chi connectivity index (χ2v) is 2.78. The maximum atomic E-state index is 5.49. The van der Waals surface area contributed by atoms with Crippen molar-refractivity contribution in [2.75, 3.05) is 6.54 Å². The third kappa shape index (κ3) is 1.80. The summed E-state index contributed by atoms with van der Waals surface area (Å²) in [5.74, 6) is 1.35. The smallest absolute Gasteiger partial charge is 0.110 e. The van der Waals surface area contributed by atoms with Crippen LogP contribution in [0.25, 0.3) is 0 Å². The van der Waals surface area contributed by atoms with Crippen molar-refractivity contribution in [2.45, 2.75) is 26.2 Å². The van der Waals surface area contributed by atoms with Gasteiger partial charge in [0, 0.05) is 24.4 Å². The summed E-state index contributed by atoms with van der Waals surface area (Å²) in [7, 11) is 0. The highest BCUT2D eigenvalue weighted by Gasteiger charge is 2.05. The average molecular weight is 153 g/mol. The molecule has 1 atom stereocenters. The number of aromatic nitrogens is 2. The second-order valence-electron chi connectivity index (χ2n) is 2.78. The summed E-state index contributed by atoms with van der Waals surface area (Å²) >= 11 is 0. The SMILES string of the molecule is CCc1cnc(C(C)CN)[nH]1. The van der Waals surface area contributed by atoms with E-state index in [0.29, 0.717) is 12.5 Å². The first-order chi connectivity index (χ1) is 5.27. The van der Waals surface area contributed by atoms with E-state index in [1.165, 1.54) is 5.69 Å². The number of aryl methyl sites for hydroxylation is 1. The summed E-state index contributed by atoms with van der Waals surface area (Å²) in [6, 6.07) is 0. The maximum absolute atomic E-state index is 5.49. The minimum Gasteiger partial charge on any atom is -0.346 e. The Labute approximate surface area is 67.0 Å². The molecule has 0 aromatic carbocycles. The fourth-order valence-corrected chi connectivity index (χ4v) is 0.918. The molecular weight excluding hydrogens is 138 g/mol. The minimum atomic E-state index is 0.343. The van der Waals surface area contributed by atoms with Gasteiger partial charge in [-0.15, -0.1) is 0 Å². The molecule has 1 heterocycles. The van der Waals surface area contributed by atoms with Gasteiger partial charge in [-0.05, 0) is 6.42 Å². The van der Waals surface area contributed by atoms with Crippen LogP contribution in [0, 0.1) is 0 Å². The average Bonchev–Trinajstić information content (AvgIpc) is 2.50. The molecule has 1 unspecified atom stereocenters. The molecule has 3 heteroatoms. The fraction of sp³-hybridized carbons (Fsp3) is 0.625. The zero-order valence-corrected chi connectivity index (χ0v) is 7.09. The van der Waals surface area contributed by atoms with Gasteiger partial charge in [0.25, 0.3) is 0 Å². The highest BCUT2D eigenvalue weighted by atomic mass is 14.9. The van der Waals surface area contributed by atoms with Crippen molar-refractivity contribution in [3.63, 3.8) is 0 Å². The standard InChI is InChI=1S/C8H15N3/c1-3-7-5-10-8(11-7)6(2)4-9/h5-6H,3-4,9H2,1-2H3,(H,10,11). The first kappa shape index (κ1) is 8.27. The van der Waals surface area contributed by atoms with Gasteiger partial charge in [0.05, 0.1) is 0 Å². The first-order valence-corrected chi connectivity index (χ1v) is 4.01. The Hall–Kier alpha value is -0.830. The Morgan fingerprint density at radius 2 is 2.45 bits per heavy atom. The van der Waals surface area contributed by atoms with Gasteiger partial charge in [0.1, 0.15) is 5.82 Å². The maximum Gasteiger partial charge on any atom is 0.110 e. The van der Waals surface area contributed by atoms with Crippen molar-refractivity contribution in [3.8, 4) is 0 Å². The van der Waals surface area contributed by atoms with Crippen LogP contribution in [0.1, 0.15) is 31.3 Å². The Bertz CT molecular complexity index is 217. The lowest BCUT2D eigenvalue weighted by atomic mass is 10.2. The summed E-state index contributed by atoms with van der Waals surface area (Å²) < 4.78 is 0. The molecule has 0 spiro atoms. The van der Waals surface area contributed by atoms with Gasteiger partial charge >= 0.3 is 0 Å². The van der Waals surface area contributed by atoms with E-state index < -0.39 is 0 Å². The molecule has 0 saturated carbocycles. The third-order valence-corrected chi connectivity index (χ3v) is 1.85. The van der Waals surface area contributed by atoms with Crippen molar-refractivity contribution in [2.24, 2.45) is 5.73 Å². The molecule has 0 fully saturated rings. The van der Waals surface area contributed by atoms with E-state index in [-0.39, 0.29) is 0 Å². The van der Waals surface area contributed by atoms with Crippen LogP contribution in [0.5, 0.6) is 0 Å². The Morgan fingerprint density at radius 3 is 2.91 bits per heavy atom. The Morgan fingerprint density at radius 1 is 1.73 bits per heavy atom. The number of nitrogens with one attached hydrogen (secondary N) is 1. The minimum absolute atomic E-state index is 0.343. The van der Waals surface area contributed by atoms with Crippen LogP contribution in [0.4, 0.5) is 0 Å². The molecule has 0 aliphatic carbocycles. The normalized spacial score (nSPS) is 13.4. The molecule has 0 aliphatic rings. The Balaban J connectivity index is 2.71. The van der Waals surface area contributed by atoms with Gasteiger partial charge in [0.15, 0.2) is 0 Å². The molecule has 3 nitrogen and oxygen atoms in total. The lowest BCUT2D eigenvalue weighted by Crippen LogP contribution is -2.10. The van der Waals surface area contributed by atoms with Crippen molar-refractivity contribution in [1.82, 2.24) is 9.97 Å². The van der Waals surface area contributed by atoms with E-state index >= 15 is 0 Å². The molecule has 1 rings (SSSR count). The largest absolute Gasteiger partial charge is 0.346 e. The second kappa shape index (κ2) is 3.53. The van der Waals surface area contributed by atoms with Crippen LogP contribution < -0.4 is 5.73 Å². The number of H-pyrrole nitrogens is 1. The molecule has 0 saturated heterocycles. The van der Waals surface area contributed by atoms with Crippen LogP contribution in [-0.4, -0.2) is 16.5 Å². The summed E-state index contributed by atoms with van der Waals surface area (Å²) in [5, 5.41) is 0. The topological polar surface area (TPSA) is 54.7 Å². The molecule has 3 N–H and O–H groups in total. The summed E-state index contributed by atoms with van der Waals surface area (Å²) in [4.78, 5) is 7.44. The quantitative estimate of drug-likeness (QED) is 0.681. The van der Waals surface area contributed by atoms with Gasteiger partial charge in [0.2, 0.25) is 0 Å². The predicted molar refractivity (Wildman–Crippen MR) is 45.4 cm³/mol. The highest BCUT2D eigenvalue weighted by Crippen LogP contribution is 2.08. The van der Waals surface area contributed by atoms with Gasteiger partial charge < -0.3 is 10.7 Å². The van der Waals surface area contributed by atoms with Crippen molar-refractivity contribution < 1.29 is 0 Å². The predicted octanol–water partition coefficient (Wildman–Crippen LogP) is 1.03. The van der Waals surface area contributed by atoms with Crippen LogP contribution in [0.3, 0.4) is 0 Å². The first-order valence-electron chi connectivity index (χ1n) is 4.01. The molecule has 11 heavy (non-hydrogen) atoms. The van der Waals surface area contributed by atoms with Crippen LogP contribution in [0.15, 0.2) is 6.20 Å². The number of hydrogen-bond donors (Lipinski definition) is 2. The van der Waals surface area contributed by atoms with Gasteiger partial charge in [-0.1, -0.05) is 13.8 Å². The molecular formula is C8H15N3. The van der Waals surface area contributed by atoms with Gasteiger partial charge in [-0.2, -0.15) is 0 Å². The summed E-state index contributed by atoms with van der Waals surface area (Å²) in [6.07, 6.45) is 2.88. The number of nitrogens with two attached hydrogens (primary N) is 1. The van der Waals surface area contributed by atoms with E-state index in [2.05, 4.69) is 23.8 Å². The van der Waals surface area contributed by atoms with Crippen LogP contribution in [0.2, 0.25) is 0 Å². The van der Waals surface area contributed by atoms with Crippen LogP contribution in [-0.2, 0) is 6.42 Å². The molecule has 0 bridgehead atoms. The Kier molecular flexibility index (Phi) is 2.65. The molecule has 1 aromatic heterocycles. The zero-order chi connectivity index (χ0) is 8.27. The van der Waals surface area contributed by atoms with Gasteiger partial charge in [-0.3, -0.25) is 0 Å². The van der Waals surface area contributed by atoms with Crippen molar-refractivity contribution in [1.29, 1.82) is 0 Å². The number of imidazole rings is 1. The van der Waals surface area contributed by atoms with E-state index in [1.807, 2.05) is 6.20 Å². The molecule has 1 aromatic rings. The highest BCUT2D eigenvalue weighted by molar-refractivity contribution is 5.04. The van der Waals surface area contributed by atoms with E-state index in [0.717, 1.165) is 12.2 Å². The molecule has 0 aliphatic heterocycles. The third-order valence-electron chi connectivity index (χ3n) is 1.85. The van der Waals surface area contributed by atoms with Crippen molar-refractivity contribution in [3.05, 3.63) is 17.7 Å². The summed E-state index contributed by atoms with van der Waals surface area (Å²) in [5.41, 5.74) is 6.68. The van der Waals surface area contributed by atoms with Crippen molar-refractivity contribution >= 4 is 0 Å². The fourth-order valence-electron chi connectivity index (χ4n) is 0.918.